The fourth-order valence-corrected chi connectivity index (χ4v) is 2.58. The van der Waals surface area contributed by atoms with Gasteiger partial charge in [-0.1, -0.05) is 6.07 Å². The van der Waals surface area contributed by atoms with E-state index in [1.165, 1.54) is 4.88 Å². The molecule has 1 aromatic heterocycles. The third kappa shape index (κ3) is 4.22. The van der Waals surface area contributed by atoms with Crippen molar-refractivity contribution in [2.24, 2.45) is 0 Å². The molecular weight excluding hydrogens is 258 g/mol. The van der Waals surface area contributed by atoms with Crippen molar-refractivity contribution < 1.29 is 4.74 Å². The Balaban J connectivity index is 1.75. The molecule has 1 heterocycles. The van der Waals surface area contributed by atoms with E-state index >= 15 is 0 Å². The lowest BCUT2D eigenvalue weighted by atomic mass is 10.3. The van der Waals surface area contributed by atoms with E-state index < -0.39 is 0 Å². The molecule has 2 aromatic rings. The van der Waals surface area contributed by atoms with Gasteiger partial charge in [0.25, 0.3) is 0 Å². The summed E-state index contributed by atoms with van der Waals surface area (Å²) in [5, 5.41) is 0. The second-order valence-corrected chi connectivity index (χ2v) is 5.46. The monoisotopic (exact) mass is 277 g/mol. The van der Waals surface area contributed by atoms with Crippen LogP contribution < -0.4 is 10.5 Å². The predicted molar refractivity (Wildman–Crippen MR) is 79.5 cm³/mol. The number of likely N-dealkylation sites (N-methyl/N-ethyl adjacent to an activating group) is 1. The number of rotatable bonds is 6. The number of aryl methyl sites for hydroxylation is 1. The minimum absolute atomic E-state index is 0.651. The highest BCUT2D eigenvalue weighted by molar-refractivity contribution is 7.09. The summed E-state index contributed by atoms with van der Waals surface area (Å²) in [6.45, 7) is 4.48. The van der Waals surface area contributed by atoms with Crippen molar-refractivity contribution >= 4 is 17.0 Å². The number of nitrogens with zero attached hydrogens (tertiary/aromatic N) is 2. The Morgan fingerprint density at radius 3 is 2.95 bits per heavy atom. The zero-order valence-corrected chi connectivity index (χ0v) is 12.1. The topological polar surface area (TPSA) is 51.4 Å². The lowest BCUT2D eigenvalue weighted by molar-refractivity contribution is 0.233. The molecule has 0 fully saturated rings. The molecule has 4 nitrogen and oxygen atoms in total. The Bertz CT molecular complexity index is 527. The van der Waals surface area contributed by atoms with Crippen LogP contribution >= 0.6 is 11.3 Å². The van der Waals surface area contributed by atoms with Gasteiger partial charge in [-0.3, -0.25) is 4.90 Å². The third-order valence-corrected chi connectivity index (χ3v) is 3.78. The summed E-state index contributed by atoms with van der Waals surface area (Å²) in [6, 6.07) is 7.51. The summed E-state index contributed by atoms with van der Waals surface area (Å²) < 4.78 is 5.67. The Hall–Kier alpha value is -1.59. The van der Waals surface area contributed by atoms with Gasteiger partial charge in [0, 0.05) is 29.7 Å². The Kier molecular flexibility index (Phi) is 4.76. The van der Waals surface area contributed by atoms with Crippen molar-refractivity contribution in [3.63, 3.8) is 0 Å². The zero-order chi connectivity index (χ0) is 13.7. The molecule has 0 amide bonds. The maximum Gasteiger partial charge on any atom is 0.121 e. The second-order valence-electron chi connectivity index (χ2n) is 4.52. The summed E-state index contributed by atoms with van der Waals surface area (Å²) in [6.07, 6.45) is 0. The molecule has 0 saturated heterocycles. The molecular formula is C14H19N3OS. The van der Waals surface area contributed by atoms with Crippen LogP contribution in [0.1, 0.15) is 10.6 Å². The van der Waals surface area contributed by atoms with Gasteiger partial charge in [-0.25, -0.2) is 4.98 Å². The predicted octanol–water partition coefficient (Wildman–Crippen LogP) is 2.54. The number of nitrogen functional groups attached to an aromatic ring is 1. The van der Waals surface area contributed by atoms with E-state index in [2.05, 4.69) is 16.9 Å². The van der Waals surface area contributed by atoms with Gasteiger partial charge in [0.1, 0.15) is 12.4 Å². The van der Waals surface area contributed by atoms with Crippen molar-refractivity contribution in [2.75, 3.05) is 25.9 Å². The normalized spacial score (nSPS) is 10.9. The molecule has 5 heteroatoms. The van der Waals surface area contributed by atoms with Gasteiger partial charge in [-0.15, -0.1) is 11.3 Å². The molecule has 0 saturated carbocycles. The Morgan fingerprint density at radius 1 is 1.42 bits per heavy atom. The molecule has 2 rings (SSSR count). The van der Waals surface area contributed by atoms with E-state index in [9.17, 15) is 0 Å². The number of aromatic nitrogens is 1. The number of thiazole rings is 1. The zero-order valence-electron chi connectivity index (χ0n) is 11.3. The van der Waals surface area contributed by atoms with Crippen molar-refractivity contribution in [1.82, 2.24) is 9.88 Å². The highest BCUT2D eigenvalue weighted by Gasteiger charge is 2.05. The maximum absolute atomic E-state index is 5.70. The smallest absolute Gasteiger partial charge is 0.121 e. The third-order valence-electron chi connectivity index (χ3n) is 2.86. The number of hydrogen-bond acceptors (Lipinski definition) is 5. The van der Waals surface area contributed by atoms with Crippen LogP contribution in [0.5, 0.6) is 5.75 Å². The van der Waals surface area contributed by atoms with E-state index in [-0.39, 0.29) is 0 Å². The fourth-order valence-electron chi connectivity index (χ4n) is 1.73. The number of benzene rings is 1. The molecule has 1 aromatic carbocycles. The average molecular weight is 277 g/mol. The van der Waals surface area contributed by atoms with E-state index in [4.69, 9.17) is 10.5 Å². The van der Waals surface area contributed by atoms with Gasteiger partial charge >= 0.3 is 0 Å². The second kappa shape index (κ2) is 6.54. The summed E-state index contributed by atoms with van der Waals surface area (Å²) in [5.41, 5.74) is 9.44. The van der Waals surface area contributed by atoms with Gasteiger partial charge in [0.05, 0.1) is 11.2 Å². The molecule has 0 aliphatic carbocycles. The summed E-state index contributed by atoms with van der Waals surface area (Å²) in [7, 11) is 2.09. The van der Waals surface area contributed by atoms with Crippen LogP contribution in [0.2, 0.25) is 0 Å². The first kappa shape index (κ1) is 13.8. The summed E-state index contributed by atoms with van der Waals surface area (Å²) in [4.78, 5) is 7.79. The van der Waals surface area contributed by atoms with Crippen LogP contribution in [0.15, 0.2) is 29.8 Å². The van der Waals surface area contributed by atoms with Crippen LogP contribution in [0.25, 0.3) is 0 Å². The van der Waals surface area contributed by atoms with Gasteiger partial charge in [-0.2, -0.15) is 0 Å². The number of anilines is 1. The summed E-state index contributed by atoms with van der Waals surface area (Å²) >= 11 is 1.70. The quantitative estimate of drug-likeness (QED) is 0.824. The molecule has 2 N–H and O–H groups in total. The SMILES string of the molecule is Cc1ncsc1CN(C)CCOc1cccc(N)c1. The molecule has 102 valence electrons. The van der Waals surface area contributed by atoms with Crippen LogP contribution in [-0.4, -0.2) is 30.1 Å². The van der Waals surface area contributed by atoms with Crippen LogP contribution in [0.4, 0.5) is 5.69 Å². The first-order valence-corrected chi connectivity index (χ1v) is 7.09. The lowest BCUT2D eigenvalue weighted by Gasteiger charge is -2.16. The van der Waals surface area contributed by atoms with E-state index in [1.54, 1.807) is 11.3 Å². The van der Waals surface area contributed by atoms with Crippen LogP contribution in [0.3, 0.4) is 0 Å². The highest BCUT2D eigenvalue weighted by Crippen LogP contribution is 2.15. The summed E-state index contributed by atoms with van der Waals surface area (Å²) in [5.74, 6) is 0.822. The van der Waals surface area contributed by atoms with Crippen molar-refractivity contribution in [3.05, 3.63) is 40.3 Å². The molecule has 0 aliphatic heterocycles. The molecule has 0 bridgehead atoms. The van der Waals surface area contributed by atoms with Crippen LogP contribution in [0, 0.1) is 6.92 Å². The van der Waals surface area contributed by atoms with E-state index in [1.807, 2.05) is 36.7 Å². The van der Waals surface area contributed by atoms with Crippen LogP contribution in [-0.2, 0) is 6.54 Å². The number of nitrogens with two attached hydrogens (primary N) is 1. The van der Waals surface area contributed by atoms with E-state index in [0.29, 0.717) is 6.61 Å². The Morgan fingerprint density at radius 2 is 2.26 bits per heavy atom. The minimum Gasteiger partial charge on any atom is -0.492 e. The standard InChI is InChI=1S/C14H19N3OS/c1-11-14(19-10-16-11)9-17(2)6-7-18-13-5-3-4-12(15)8-13/h3-5,8,10H,6-7,9,15H2,1-2H3. The molecule has 0 spiro atoms. The minimum atomic E-state index is 0.651. The van der Waals surface area contributed by atoms with Gasteiger partial charge < -0.3 is 10.5 Å². The molecule has 0 atom stereocenters. The number of ether oxygens (including phenoxy) is 1. The highest BCUT2D eigenvalue weighted by atomic mass is 32.1. The van der Waals surface area contributed by atoms with Crippen molar-refractivity contribution in [2.45, 2.75) is 13.5 Å². The maximum atomic E-state index is 5.70. The molecule has 0 aliphatic rings. The largest absolute Gasteiger partial charge is 0.492 e. The van der Waals surface area contributed by atoms with E-state index in [0.717, 1.165) is 30.2 Å². The van der Waals surface area contributed by atoms with Gasteiger partial charge in [0.2, 0.25) is 0 Å². The molecule has 0 radical (unpaired) electrons. The average Bonchev–Trinajstić information content (AvgIpc) is 2.75. The Labute approximate surface area is 117 Å². The number of hydrogen-bond donors (Lipinski definition) is 1. The molecule has 0 unspecified atom stereocenters. The van der Waals surface area contributed by atoms with Crippen molar-refractivity contribution in [1.29, 1.82) is 0 Å². The first-order valence-electron chi connectivity index (χ1n) is 6.21. The van der Waals surface area contributed by atoms with Crippen molar-refractivity contribution in [3.8, 4) is 5.75 Å². The lowest BCUT2D eigenvalue weighted by Crippen LogP contribution is -2.23. The first-order chi connectivity index (χ1) is 9.15. The van der Waals surface area contributed by atoms with Gasteiger partial charge in [0.15, 0.2) is 0 Å². The fraction of sp³-hybridized carbons (Fsp3) is 0.357. The van der Waals surface area contributed by atoms with Gasteiger partial charge in [-0.05, 0) is 26.1 Å². The molecule has 19 heavy (non-hydrogen) atoms.